The second kappa shape index (κ2) is 4.81. The summed E-state index contributed by atoms with van der Waals surface area (Å²) >= 11 is 0. The van der Waals surface area contributed by atoms with Gasteiger partial charge < -0.3 is 15.2 Å². The van der Waals surface area contributed by atoms with Crippen molar-refractivity contribution in [3.63, 3.8) is 0 Å². The Morgan fingerprint density at radius 1 is 1.27 bits per heavy atom. The van der Waals surface area contributed by atoms with Crippen molar-refractivity contribution in [2.75, 3.05) is 19.7 Å². The van der Waals surface area contributed by atoms with Crippen LogP contribution in [0.15, 0.2) is 0 Å². The largest absolute Gasteiger partial charge is 0.387 e. The van der Waals surface area contributed by atoms with Gasteiger partial charge in [-0.3, -0.25) is 0 Å². The summed E-state index contributed by atoms with van der Waals surface area (Å²) in [6.07, 6.45) is 6.16. The highest BCUT2D eigenvalue weighted by Gasteiger charge is 2.41. The molecule has 1 saturated carbocycles. The molecule has 0 amide bonds. The fourth-order valence-electron chi connectivity index (χ4n) is 2.89. The molecule has 0 unspecified atom stereocenters. The van der Waals surface area contributed by atoms with Gasteiger partial charge >= 0.3 is 0 Å². The number of morpholine rings is 1. The Morgan fingerprint density at radius 2 is 2.00 bits per heavy atom. The Kier molecular flexibility index (Phi) is 3.65. The van der Waals surface area contributed by atoms with E-state index in [0.717, 1.165) is 32.5 Å². The molecular weight excluding hydrogens is 190 g/mol. The molecule has 88 valence electrons. The molecule has 1 heterocycles. The maximum Gasteiger partial charge on any atom is 0.0986 e. The first kappa shape index (κ1) is 11.4. The van der Waals surface area contributed by atoms with Crippen LogP contribution >= 0.6 is 0 Å². The number of ether oxygens (including phenoxy) is 1. The van der Waals surface area contributed by atoms with Gasteiger partial charge in [0, 0.05) is 13.1 Å². The molecule has 0 aromatic rings. The van der Waals surface area contributed by atoms with Crippen LogP contribution in [-0.4, -0.2) is 36.5 Å². The minimum absolute atomic E-state index is 0.0191. The highest BCUT2D eigenvalue weighted by Crippen LogP contribution is 2.35. The molecule has 3 nitrogen and oxygen atoms in total. The van der Waals surface area contributed by atoms with Gasteiger partial charge in [0.25, 0.3) is 0 Å². The number of hydrogen-bond acceptors (Lipinski definition) is 3. The third kappa shape index (κ3) is 2.52. The molecule has 0 aromatic heterocycles. The van der Waals surface area contributed by atoms with Crippen molar-refractivity contribution >= 4 is 0 Å². The zero-order valence-electron chi connectivity index (χ0n) is 9.67. The van der Waals surface area contributed by atoms with Gasteiger partial charge in [-0.05, 0) is 25.7 Å². The normalized spacial score (nSPS) is 33.6. The predicted molar refractivity (Wildman–Crippen MR) is 59.8 cm³/mol. The van der Waals surface area contributed by atoms with Crippen LogP contribution in [0.4, 0.5) is 0 Å². The molecule has 1 aliphatic carbocycles. The fraction of sp³-hybridized carbons (Fsp3) is 1.00. The van der Waals surface area contributed by atoms with Crippen LogP contribution < -0.4 is 5.32 Å². The van der Waals surface area contributed by atoms with E-state index in [2.05, 4.69) is 5.32 Å². The number of hydrogen-bond donors (Lipinski definition) is 2. The van der Waals surface area contributed by atoms with E-state index in [1.54, 1.807) is 0 Å². The van der Waals surface area contributed by atoms with E-state index in [1.165, 1.54) is 19.3 Å². The molecule has 0 bridgehead atoms. The minimum atomic E-state index is -0.645. The molecule has 1 aliphatic heterocycles. The molecule has 1 saturated heterocycles. The van der Waals surface area contributed by atoms with Crippen LogP contribution in [0, 0.1) is 5.92 Å². The lowest BCUT2D eigenvalue weighted by molar-refractivity contribution is -0.143. The lowest BCUT2D eigenvalue weighted by Gasteiger charge is -2.42. The summed E-state index contributed by atoms with van der Waals surface area (Å²) in [5, 5.41) is 13.9. The van der Waals surface area contributed by atoms with Gasteiger partial charge in [0.05, 0.1) is 18.3 Å². The summed E-state index contributed by atoms with van der Waals surface area (Å²) in [6.45, 7) is 4.40. The Bertz CT molecular complexity index is 174. The summed E-state index contributed by atoms with van der Waals surface area (Å²) in [7, 11) is 0. The van der Waals surface area contributed by atoms with Crippen LogP contribution in [0.25, 0.3) is 0 Å². The highest BCUT2D eigenvalue weighted by atomic mass is 16.5. The number of aliphatic hydroxyl groups is 1. The summed E-state index contributed by atoms with van der Waals surface area (Å²) < 4.78 is 5.68. The Labute approximate surface area is 92.2 Å². The zero-order valence-corrected chi connectivity index (χ0v) is 9.67. The first-order valence-corrected chi connectivity index (χ1v) is 6.26. The van der Waals surface area contributed by atoms with Crippen molar-refractivity contribution < 1.29 is 9.84 Å². The van der Waals surface area contributed by atoms with Crippen molar-refractivity contribution in [3.8, 4) is 0 Å². The maximum atomic E-state index is 10.6. The second-order valence-electron chi connectivity index (χ2n) is 5.12. The second-order valence-corrected chi connectivity index (χ2v) is 5.12. The minimum Gasteiger partial charge on any atom is -0.387 e. The van der Waals surface area contributed by atoms with Gasteiger partial charge in [-0.2, -0.15) is 0 Å². The van der Waals surface area contributed by atoms with E-state index < -0.39 is 5.60 Å². The van der Waals surface area contributed by atoms with Gasteiger partial charge in [-0.15, -0.1) is 0 Å². The molecule has 2 N–H and O–H groups in total. The molecule has 2 atom stereocenters. The van der Waals surface area contributed by atoms with Crippen molar-refractivity contribution in [2.45, 2.75) is 50.7 Å². The molecular formula is C12H23NO2. The van der Waals surface area contributed by atoms with E-state index in [-0.39, 0.29) is 6.10 Å². The SMILES string of the molecule is C[C@@](O)(C1CCCCC1)[C@@H]1CNCCO1. The van der Waals surface area contributed by atoms with Gasteiger partial charge in [0.1, 0.15) is 0 Å². The zero-order chi connectivity index (χ0) is 10.7. The van der Waals surface area contributed by atoms with Gasteiger partial charge in [-0.1, -0.05) is 19.3 Å². The van der Waals surface area contributed by atoms with E-state index in [0.29, 0.717) is 5.92 Å². The van der Waals surface area contributed by atoms with Crippen LogP contribution in [-0.2, 0) is 4.74 Å². The third-order valence-electron chi connectivity index (χ3n) is 4.01. The highest BCUT2D eigenvalue weighted by molar-refractivity contribution is 4.93. The average Bonchev–Trinajstić information content (AvgIpc) is 2.31. The van der Waals surface area contributed by atoms with Gasteiger partial charge in [0.15, 0.2) is 0 Å². The summed E-state index contributed by atoms with van der Waals surface area (Å²) in [6, 6.07) is 0. The first-order chi connectivity index (χ1) is 7.21. The van der Waals surface area contributed by atoms with E-state index in [9.17, 15) is 5.11 Å². The molecule has 0 spiro atoms. The van der Waals surface area contributed by atoms with Crippen molar-refractivity contribution in [1.29, 1.82) is 0 Å². The fourth-order valence-corrected chi connectivity index (χ4v) is 2.89. The van der Waals surface area contributed by atoms with E-state index in [4.69, 9.17) is 4.74 Å². The lowest BCUT2D eigenvalue weighted by Crippen LogP contribution is -2.55. The van der Waals surface area contributed by atoms with Gasteiger partial charge in [0.2, 0.25) is 0 Å². The van der Waals surface area contributed by atoms with Crippen LogP contribution in [0.2, 0.25) is 0 Å². The molecule has 0 aromatic carbocycles. The molecule has 0 radical (unpaired) electrons. The monoisotopic (exact) mass is 213 g/mol. The van der Waals surface area contributed by atoms with Crippen molar-refractivity contribution in [2.24, 2.45) is 5.92 Å². The van der Waals surface area contributed by atoms with Gasteiger partial charge in [-0.25, -0.2) is 0 Å². The van der Waals surface area contributed by atoms with Crippen LogP contribution in [0.1, 0.15) is 39.0 Å². The number of nitrogens with one attached hydrogen (secondary N) is 1. The Morgan fingerprint density at radius 3 is 2.60 bits per heavy atom. The Balaban J connectivity index is 1.96. The maximum absolute atomic E-state index is 10.6. The smallest absolute Gasteiger partial charge is 0.0986 e. The molecule has 2 aliphatic rings. The topological polar surface area (TPSA) is 41.5 Å². The molecule has 2 rings (SSSR count). The first-order valence-electron chi connectivity index (χ1n) is 6.26. The van der Waals surface area contributed by atoms with E-state index in [1.807, 2.05) is 6.92 Å². The van der Waals surface area contributed by atoms with Crippen LogP contribution in [0.5, 0.6) is 0 Å². The van der Waals surface area contributed by atoms with Crippen LogP contribution in [0.3, 0.4) is 0 Å². The summed E-state index contributed by atoms with van der Waals surface area (Å²) in [4.78, 5) is 0. The summed E-state index contributed by atoms with van der Waals surface area (Å²) in [5.74, 6) is 0.427. The van der Waals surface area contributed by atoms with Crippen molar-refractivity contribution in [1.82, 2.24) is 5.32 Å². The van der Waals surface area contributed by atoms with E-state index >= 15 is 0 Å². The molecule has 3 heteroatoms. The standard InChI is InChI=1S/C12H23NO2/c1-12(14,10-5-3-2-4-6-10)11-9-13-7-8-15-11/h10-11,13-14H,2-9H2,1H3/t11-,12+/m0/s1. The third-order valence-corrected chi connectivity index (χ3v) is 4.01. The van der Waals surface area contributed by atoms with Crippen molar-refractivity contribution in [3.05, 3.63) is 0 Å². The molecule has 2 fully saturated rings. The lowest BCUT2D eigenvalue weighted by atomic mass is 9.75. The summed E-state index contributed by atoms with van der Waals surface area (Å²) in [5.41, 5.74) is -0.645. The average molecular weight is 213 g/mol. The molecule has 15 heavy (non-hydrogen) atoms. The Hall–Kier alpha value is -0.120. The predicted octanol–water partition coefficient (Wildman–Crippen LogP) is 1.31. The number of rotatable bonds is 2. The quantitative estimate of drug-likeness (QED) is 0.726.